The lowest BCUT2D eigenvalue weighted by molar-refractivity contribution is 0.313. The number of fused-ring (bicyclic) bond motifs is 1. The summed E-state index contributed by atoms with van der Waals surface area (Å²) in [5.41, 5.74) is 2.06. The number of hydrogen-bond donors (Lipinski definition) is 0. The van der Waals surface area contributed by atoms with Gasteiger partial charge in [-0.2, -0.15) is 0 Å². The van der Waals surface area contributed by atoms with E-state index in [2.05, 4.69) is 35.1 Å². The van der Waals surface area contributed by atoms with Gasteiger partial charge in [0.05, 0.1) is 27.3 Å². The highest BCUT2D eigenvalue weighted by atomic mass is 32.1. The summed E-state index contributed by atoms with van der Waals surface area (Å²) >= 11 is 3.39. The first-order valence-electron chi connectivity index (χ1n) is 7.72. The smallest absolute Gasteiger partial charge is 0.236 e. The molecule has 0 aliphatic carbocycles. The van der Waals surface area contributed by atoms with E-state index in [1.54, 1.807) is 22.7 Å². The Morgan fingerprint density at radius 3 is 2.75 bits per heavy atom. The first-order chi connectivity index (χ1) is 11.7. The molecule has 4 nitrogen and oxygen atoms in total. The average molecular weight is 355 g/mol. The molecule has 0 spiro atoms. The van der Waals surface area contributed by atoms with Gasteiger partial charge < -0.3 is 4.42 Å². The second-order valence-corrected chi connectivity index (χ2v) is 7.81. The minimum atomic E-state index is 0.714. The van der Waals surface area contributed by atoms with Gasteiger partial charge in [0.15, 0.2) is 0 Å². The van der Waals surface area contributed by atoms with Crippen molar-refractivity contribution in [2.45, 2.75) is 20.0 Å². The molecule has 122 valence electrons. The summed E-state index contributed by atoms with van der Waals surface area (Å²) in [5.74, 6) is 1.60. The van der Waals surface area contributed by atoms with Crippen molar-refractivity contribution < 1.29 is 4.42 Å². The number of oxazole rings is 1. The van der Waals surface area contributed by atoms with Crippen molar-refractivity contribution in [3.8, 4) is 10.8 Å². The number of thiazole rings is 1. The fraction of sp³-hybridized carbons (Fsp3) is 0.222. The Bertz CT molecular complexity index is 923. The van der Waals surface area contributed by atoms with Gasteiger partial charge in [0.1, 0.15) is 10.8 Å². The molecule has 0 amide bonds. The third kappa shape index (κ3) is 3.13. The molecule has 1 aromatic carbocycles. The normalized spacial score (nSPS) is 11.6. The van der Waals surface area contributed by atoms with E-state index in [1.807, 2.05) is 30.5 Å². The molecule has 0 N–H and O–H groups in total. The lowest BCUT2D eigenvalue weighted by atomic mass is 10.3. The van der Waals surface area contributed by atoms with Gasteiger partial charge in [0.25, 0.3) is 0 Å². The highest BCUT2D eigenvalue weighted by Crippen LogP contribution is 2.27. The van der Waals surface area contributed by atoms with Crippen LogP contribution in [0.2, 0.25) is 0 Å². The first kappa shape index (κ1) is 15.5. The Morgan fingerprint density at radius 2 is 1.96 bits per heavy atom. The van der Waals surface area contributed by atoms with Crippen LogP contribution in [-0.4, -0.2) is 21.9 Å². The summed E-state index contributed by atoms with van der Waals surface area (Å²) in [7, 11) is 2.09. The van der Waals surface area contributed by atoms with Gasteiger partial charge in [0, 0.05) is 6.54 Å². The Labute approximate surface area is 148 Å². The summed E-state index contributed by atoms with van der Waals surface area (Å²) < 4.78 is 7.05. The molecule has 4 aromatic rings. The molecule has 4 rings (SSSR count). The molecular formula is C18H17N3OS2. The third-order valence-corrected chi connectivity index (χ3v) is 5.67. The SMILES string of the molecule is Cc1oc(-c2cccs2)nc1CN(C)Cc1nc2ccccc2s1. The van der Waals surface area contributed by atoms with Gasteiger partial charge in [-0.05, 0) is 37.6 Å². The van der Waals surface area contributed by atoms with E-state index < -0.39 is 0 Å². The molecule has 0 aliphatic heterocycles. The average Bonchev–Trinajstić information content (AvgIpc) is 3.27. The number of rotatable bonds is 5. The maximum atomic E-state index is 5.82. The van der Waals surface area contributed by atoms with Crippen LogP contribution in [0.15, 0.2) is 46.2 Å². The summed E-state index contributed by atoms with van der Waals surface area (Å²) in [6, 6.07) is 12.3. The number of hydrogen-bond acceptors (Lipinski definition) is 6. The maximum Gasteiger partial charge on any atom is 0.236 e. The van der Waals surface area contributed by atoms with Crippen LogP contribution < -0.4 is 0 Å². The highest BCUT2D eigenvalue weighted by Gasteiger charge is 2.15. The van der Waals surface area contributed by atoms with E-state index in [4.69, 9.17) is 9.40 Å². The van der Waals surface area contributed by atoms with Crippen molar-refractivity contribution in [2.24, 2.45) is 0 Å². The Balaban J connectivity index is 1.48. The fourth-order valence-corrected chi connectivity index (χ4v) is 4.31. The van der Waals surface area contributed by atoms with Gasteiger partial charge in [-0.3, -0.25) is 4.90 Å². The second-order valence-electron chi connectivity index (χ2n) is 5.75. The molecule has 3 heterocycles. The number of aryl methyl sites for hydroxylation is 1. The molecule has 6 heteroatoms. The van der Waals surface area contributed by atoms with Gasteiger partial charge in [-0.1, -0.05) is 18.2 Å². The fourth-order valence-electron chi connectivity index (χ4n) is 2.61. The second kappa shape index (κ2) is 6.47. The Kier molecular flexibility index (Phi) is 4.18. The molecule has 0 saturated carbocycles. The first-order valence-corrected chi connectivity index (χ1v) is 9.42. The predicted octanol–water partition coefficient (Wildman–Crippen LogP) is 4.95. The number of thiophene rings is 1. The number of aromatic nitrogens is 2. The zero-order valence-electron chi connectivity index (χ0n) is 13.5. The highest BCUT2D eigenvalue weighted by molar-refractivity contribution is 7.18. The lowest BCUT2D eigenvalue weighted by Crippen LogP contribution is -2.17. The third-order valence-electron chi connectivity index (χ3n) is 3.79. The standard InChI is InChI=1S/C18H17N3OS2/c1-12-14(20-18(22-12)16-8-5-9-23-16)10-21(2)11-17-19-13-6-3-4-7-15(13)24-17/h3-9H,10-11H2,1-2H3. The van der Waals surface area contributed by atoms with Crippen LogP contribution in [0.4, 0.5) is 0 Å². The van der Waals surface area contributed by atoms with Crippen molar-refractivity contribution in [2.75, 3.05) is 7.05 Å². The van der Waals surface area contributed by atoms with Crippen molar-refractivity contribution in [3.63, 3.8) is 0 Å². The predicted molar refractivity (Wildman–Crippen MR) is 99.3 cm³/mol. The van der Waals surface area contributed by atoms with E-state index in [-0.39, 0.29) is 0 Å². The van der Waals surface area contributed by atoms with E-state index in [0.29, 0.717) is 5.89 Å². The van der Waals surface area contributed by atoms with E-state index in [1.165, 1.54) is 4.70 Å². The van der Waals surface area contributed by atoms with Crippen LogP contribution >= 0.6 is 22.7 Å². The zero-order chi connectivity index (χ0) is 16.5. The van der Waals surface area contributed by atoms with Crippen molar-refractivity contribution >= 4 is 32.9 Å². The molecule has 0 atom stereocenters. The number of benzene rings is 1. The summed E-state index contributed by atoms with van der Waals surface area (Å²) in [4.78, 5) is 12.6. The quantitative estimate of drug-likeness (QED) is 0.508. The maximum absolute atomic E-state index is 5.82. The van der Waals surface area contributed by atoms with Crippen LogP contribution in [0.3, 0.4) is 0 Å². The van der Waals surface area contributed by atoms with Crippen molar-refractivity contribution in [1.29, 1.82) is 0 Å². The largest absolute Gasteiger partial charge is 0.440 e. The zero-order valence-corrected chi connectivity index (χ0v) is 15.2. The van der Waals surface area contributed by atoms with Crippen LogP contribution in [-0.2, 0) is 13.1 Å². The summed E-state index contributed by atoms with van der Waals surface area (Å²) in [5, 5.41) is 3.16. The van der Waals surface area contributed by atoms with Gasteiger partial charge in [0.2, 0.25) is 5.89 Å². The molecule has 0 unspecified atom stereocenters. The minimum absolute atomic E-state index is 0.714. The van der Waals surface area contributed by atoms with Crippen LogP contribution in [0.1, 0.15) is 16.5 Å². The molecule has 0 fully saturated rings. The monoisotopic (exact) mass is 355 g/mol. The number of nitrogens with zero attached hydrogens (tertiary/aromatic N) is 3. The van der Waals surface area contributed by atoms with E-state index >= 15 is 0 Å². The molecule has 0 aliphatic rings. The van der Waals surface area contributed by atoms with E-state index in [9.17, 15) is 0 Å². The Hall–Kier alpha value is -2.02. The van der Waals surface area contributed by atoms with Crippen LogP contribution in [0.25, 0.3) is 21.0 Å². The van der Waals surface area contributed by atoms with Gasteiger partial charge in [-0.25, -0.2) is 9.97 Å². The lowest BCUT2D eigenvalue weighted by Gasteiger charge is -2.13. The molecule has 24 heavy (non-hydrogen) atoms. The minimum Gasteiger partial charge on any atom is -0.440 e. The van der Waals surface area contributed by atoms with Crippen molar-refractivity contribution in [3.05, 3.63) is 58.2 Å². The Morgan fingerprint density at radius 1 is 1.08 bits per heavy atom. The number of para-hydroxylation sites is 1. The topological polar surface area (TPSA) is 42.2 Å². The summed E-state index contributed by atoms with van der Waals surface area (Å²) in [6.07, 6.45) is 0. The summed E-state index contributed by atoms with van der Waals surface area (Å²) in [6.45, 7) is 3.53. The van der Waals surface area contributed by atoms with Gasteiger partial charge in [-0.15, -0.1) is 22.7 Å². The molecule has 0 radical (unpaired) electrons. The van der Waals surface area contributed by atoms with Crippen LogP contribution in [0, 0.1) is 6.92 Å². The van der Waals surface area contributed by atoms with Crippen molar-refractivity contribution in [1.82, 2.24) is 14.9 Å². The molecule has 0 bridgehead atoms. The van der Waals surface area contributed by atoms with Gasteiger partial charge >= 0.3 is 0 Å². The molecular weight excluding hydrogens is 338 g/mol. The molecule has 0 saturated heterocycles. The van der Waals surface area contributed by atoms with E-state index in [0.717, 1.165) is 39.9 Å². The van der Waals surface area contributed by atoms with Crippen LogP contribution in [0.5, 0.6) is 0 Å². The molecule has 3 aromatic heterocycles.